The van der Waals surface area contributed by atoms with Crippen LogP contribution in [0.25, 0.3) is 0 Å². The molecule has 1 aromatic carbocycles. The summed E-state index contributed by atoms with van der Waals surface area (Å²) in [4.78, 5) is 49.1. The minimum atomic E-state index is -2.38. The van der Waals surface area contributed by atoms with Crippen LogP contribution in [0.1, 0.15) is 45.2 Å². The van der Waals surface area contributed by atoms with E-state index in [9.17, 15) is 29.7 Å². The maximum absolute atomic E-state index is 13.8. The van der Waals surface area contributed by atoms with Crippen molar-refractivity contribution in [3.05, 3.63) is 35.4 Å². The lowest BCUT2D eigenvalue weighted by Crippen LogP contribution is -2.67. The molecule has 5 fully saturated rings. The molecule has 1 spiro atoms. The van der Waals surface area contributed by atoms with Crippen LogP contribution in [0.15, 0.2) is 24.3 Å². The molecule has 2 aliphatic carbocycles. The zero-order chi connectivity index (χ0) is 30.5. The molecule has 0 amide bonds. The van der Waals surface area contributed by atoms with Gasteiger partial charge in [0.05, 0.1) is 37.1 Å². The maximum Gasteiger partial charge on any atom is 0.342 e. The van der Waals surface area contributed by atoms with Crippen molar-refractivity contribution in [3.63, 3.8) is 0 Å². The van der Waals surface area contributed by atoms with Crippen molar-refractivity contribution < 1.29 is 58.4 Å². The first-order valence-electron chi connectivity index (χ1n) is 14.3. The molecule has 0 radical (unpaired) electrons. The average Bonchev–Trinajstić information content (AvgIpc) is 3.60. The Labute approximate surface area is 243 Å². The zero-order valence-electron chi connectivity index (χ0n) is 24.3. The molecule has 6 unspecified atom stereocenters. The Kier molecular flexibility index (Phi) is 6.71. The first kappa shape index (κ1) is 29.6. The van der Waals surface area contributed by atoms with Gasteiger partial charge in [-0.3, -0.25) is 4.79 Å². The third kappa shape index (κ3) is 3.18. The van der Waals surface area contributed by atoms with Gasteiger partial charge in [0.25, 0.3) is 0 Å². The van der Waals surface area contributed by atoms with E-state index >= 15 is 0 Å². The summed E-state index contributed by atoms with van der Waals surface area (Å²) < 4.78 is 23.8. The van der Waals surface area contributed by atoms with E-state index < -0.39 is 81.9 Å². The van der Waals surface area contributed by atoms with Crippen molar-refractivity contribution in [3.8, 4) is 0 Å². The van der Waals surface area contributed by atoms with Crippen LogP contribution in [-0.2, 0) is 56.1 Å². The van der Waals surface area contributed by atoms with Gasteiger partial charge in [-0.05, 0) is 42.2 Å². The fraction of sp³-hybridized carbons (Fsp3) is 0.700. The molecule has 1 aromatic rings. The van der Waals surface area contributed by atoms with Crippen LogP contribution in [-0.4, -0.2) is 89.2 Å². The third-order valence-electron chi connectivity index (χ3n) is 10.8. The molecule has 11 atom stereocenters. The Bertz CT molecular complexity index is 1280. The van der Waals surface area contributed by atoms with Gasteiger partial charge in [0, 0.05) is 0 Å². The molecule has 3 aliphatic heterocycles. The number of esters is 2. The predicted octanol–water partition coefficient (Wildman–Crippen LogP) is 0.610. The SMILES string of the molecule is COOCCc1ccc(CO[C@@H](C=O)C23C(O)OC45C(=O)OC(C[C@H]2C(C)(C)C)C34[C@@H](O)C2OC(=O)[C@@H](C)[C@@]25O)cc1. The maximum atomic E-state index is 13.8. The number of fused-ring (bicyclic) bond motifs is 1. The summed E-state index contributed by atoms with van der Waals surface area (Å²) in [5, 5.41) is 36.2. The third-order valence-corrected chi connectivity index (χ3v) is 10.8. The number of carbonyl (C=O) groups is 3. The highest BCUT2D eigenvalue weighted by atomic mass is 17.2. The van der Waals surface area contributed by atoms with Gasteiger partial charge < -0.3 is 39.1 Å². The first-order chi connectivity index (χ1) is 19.8. The topological polar surface area (TPSA) is 167 Å². The van der Waals surface area contributed by atoms with Crippen molar-refractivity contribution in [2.45, 2.75) is 89.1 Å². The standard InChI is InChI=1S/C30H38O12/c1-15-23(33)41-22-21(32)28-19-12-18(26(2,3)4)27(28,24(34)42-30(28,25(35)40-19)29(15,22)36)20(13-31)38-14-17-8-6-16(7-9-17)10-11-39-37-5/h6-9,13,15,18-22,24,32,34,36H,10-12,14H2,1-5H3/t15-,18+,19?,20+,21+,22?,24?,27?,28?,29-,30?/m1/s1. The molecule has 5 aliphatic rings. The van der Waals surface area contributed by atoms with E-state index in [0.717, 1.165) is 11.1 Å². The molecule has 0 bridgehead atoms. The van der Waals surface area contributed by atoms with Crippen molar-refractivity contribution in [1.29, 1.82) is 0 Å². The van der Waals surface area contributed by atoms with Crippen molar-refractivity contribution in [2.75, 3.05) is 13.7 Å². The van der Waals surface area contributed by atoms with Gasteiger partial charge in [0.1, 0.15) is 24.6 Å². The summed E-state index contributed by atoms with van der Waals surface area (Å²) in [5.41, 5.74) is -7.25. The van der Waals surface area contributed by atoms with Gasteiger partial charge in [-0.2, -0.15) is 0 Å². The number of aliphatic hydroxyl groups is 3. The molecular weight excluding hydrogens is 552 g/mol. The number of benzene rings is 1. The molecule has 230 valence electrons. The van der Waals surface area contributed by atoms with Gasteiger partial charge >= 0.3 is 11.9 Å². The number of aldehydes is 1. The normalized spacial score (nSPS) is 44.0. The molecule has 3 N–H and O–H groups in total. The summed E-state index contributed by atoms with van der Waals surface area (Å²) >= 11 is 0. The smallest absolute Gasteiger partial charge is 0.342 e. The minimum Gasteiger partial charge on any atom is -0.459 e. The molecule has 12 nitrogen and oxygen atoms in total. The molecule has 3 heterocycles. The molecular formula is C30H38O12. The van der Waals surface area contributed by atoms with E-state index in [1.54, 1.807) is 0 Å². The van der Waals surface area contributed by atoms with E-state index in [0.29, 0.717) is 19.3 Å². The van der Waals surface area contributed by atoms with E-state index in [1.165, 1.54) is 14.0 Å². The van der Waals surface area contributed by atoms with E-state index in [4.69, 9.17) is 23.8 Å². The quantitative estimate of drug-likeness (QED) is 0.121. The van der Waals surface area contributed by atoms with E-state index in [2.05, 4.69) is 4.89 Å². The van der Waals surface area contributed by atoms with Crippen molar-refractivity contribution >= 4 is 18.2 Å². The number of ether oxygens (including phenoxy) is 4. The van der Waals surface area contributed by atoms with Crippen LogP contribution in [0.3, 0.4) is 0 Å². The Hall–Kier alpha value is -2.45. The lowest BCUT2D eigenvalue weighted by Gasteiger charge is -2.51. The fourth-order valence-corrected chi connectivity index (χ4v) is 9.20. The summed E-state index contributed by atoms with van der Waals surface area (Å²) in [6.07, 6.45) is -6.21. The average molecular weight is 591 g/mol. The summed E-state index contributed by atoms with van der Waals surface area (Å²) in [7, 11) is 1.44. The highest BCUT2D eigenvalue weighted by molar-refractivity contribution is 5.93. The summed E-state index contributed by atoms with van der Waals surface area (Å²) in [5.74, 6) is -3.71. The Balaban J connectivity index is 1.44. The molecule has 0 aromatic heterocycles. The minimum absolute atomic E-state index is 0.0404. The van der Waals surface area contributed by atoms with Gasteiger partial charge in [-0.25, -0.2) is 14.6 Å². The summed E-state index contributed by atoms with van der Waals surface area (Å²) in [6, 6.07) is 7.46. The highest BCUT2D eigenvalue weighted by Crippen LogP contribution is 2.83. The Morgan fingerprint density at radius 2 is 1.79 bits per heavy atom. The molecule has 12 heteroatoms. The van der Waals surface area contributed by atoms with Crippen LogP contribution >= 0.6 is 0 Å². The molecule has 6 rings (SSSR count). The number of rotatable bonds is 9. The number of hydrogen-bond donors (Lipinski definition) is 3. The predicted molar refractivity (Wildman–Crippen MR) is 140 cm³/mol. The lowest BCUT2D eigenvalue weighted by atomic mass is 9.50. The molecule has 42 heavy (non-hydrogen) atoms. The van der Waals surface area contributed by atoms with Crippen LogP contribution in [0.2, 0.25) is 0 Å². The highest BCUT2D eigenvalue weighted by Gasteiger charge is 3.02. The van der Waals surface area contributed by atoms with Gasteiger partial charge in [-0.1, -0.05) is 45.0 Å². The van der Waals surface area contributed by atoms with E-state index in [1.807, 2.05) is 45.0 Å². The summed E-state index contributed by atoms with van der Waals surface area (Å²) in [6.45, 7) is 7.47. The van der Waals surface area contributed by atoms with Gasteiger partial charge in [0.2, 0.25) is 5.60 Å². The van der Waals surface area contributed by atoms with Crippen molar-refractivity contribution in [2.24, 2.45) is 28.1 Å². The Morgan fingerprint density at radius 3 is 2.40 bits per heavy atom. The second kappa shape index (κ2) is 9.52. The van der Waals surface area contributed by atoms with Crippen LogP contribution < -0.4 is 0 Å². The largest absolute Gasteiger partial charge is 0.459 e. The zero-order valence-corrected chi connectivity index (χ0v) is 24.3. The second-order valence-electron chi connectivity index (χ2n) is 13.3. The molecule has 2 saturated carbocycles. The number of hydrogen-bond acceptors (Lipinski definition) is 12. The van der Waals surface area contributed by atoms with Crippen LogP contribution in [0, 0.1) is 28.1 Å². The van der Waals surface area contributed by atoms with Crippen LogP contribution in [0.4, 0.5) is 0 Å². The fourth-order valence-electron chi connectivity index (χ4n) is 9.20. The lowest BCUT2D eigenvalue weighted by molar-refractivity contribution is -0.271. The van der Waals surface area contributed by atoms with Gasteiger partial charge in [-0.15, -0.1) is 0 Å². The van der Waals surface area contributed by atoms with Gasteiger partial charge in [0.15, 0.2) is 18.0 Å². The second-order valence-corrected chi connectivity index (χ2v) is 13.3. The Morgan fingerprint density at radius 1 is 1.12 bits per heavy atom. The number of carbonyl (C=O) groups excluding carboxylic acids is 3. The van der Waals surface area contributed by atoms with Crippen LogP contribution in [0.5, 0.6) is 0 Å². The monoisotopic (exact) mass is 590 g/mol. The first-order valence-corrected chi connectivity index (χ1v) is 14.3. The molecule has 3 saturated heterocycles. The van der Waals surface area contributed by atoms with E-state index in [-0.39, 0.29) is 13.0 Å². The van der Waals surface area contributed by atoms with Crippen molar-refractivity contribution in [1.82, 2.24) is 0 Å². The number of aliphatic hydroxyl groups excluding tert-OH is 2.